The molecule has 1 fully saturated rings. The van der Waals surface area contributed by atoms with Gasteiger partial charge in [-0.15, -0.1) is 0 Å². The van der Waals surface area contributed by atoms with Crippen molar-refractivity contribution in [2.45, 2.75) is 19.3 Å². The van der Waals surface area contributed by atoms with Gasteiger partial charge < -0.3 is 13.8 Å². The Labute approximate surface area is 161 Å². The predicted molar refractivity (Wildman–Crippen MR) is 104 cm³/mol. The summed E-state index contributed by atoms with van der Waals surface area (Å²) in [5.41, 5.74) is 3.82. The van der Waals surface area contributed by atoms with E-state index in [-0.39, 0.29) is 5.91 Å². The molecular weight excluding hydrogens is 354 g/mol. The minimum atomic E-state index is 0.0380. The fourth-order valence-corrected chi connectivity index (χ4v) is 3.75. The molecule has 0 saturated carbocycles. The summed E-state index contributed by atoms with van der Waals surface area (Å²) in [6.45, 7) is 8.84. The third-order valence-electron chi connectivity index (χ3n) is 5.22. The number of hydrogen-bond donors (Lipinski definition) is 0. The molecule has 138 valence electrons. The number of carbonyl (C=O) groups is 1. The molecule has 7 nitrogen and oxygen atoms in total. The maximum atomic E-state index is 12.7. The molecule has 1 saturated heterocycles. The van der Waals surface area contributed by atoms with Crippen LogP contribution in [0.2, 0.25) is 0 Å². The second kappa shape index (κ2) is 6.50. The summed E-state index contributed by atoms with van der Waals surface area (Å²) in [5, 5.41) is 5.03. The van der Waals surface area contributed by atoms with Crippen molar-refractivity contribution in [2.24, 2.45) is 0 Å². The summed E-state index contributed by atoms with van der Waals surface area (Å²) in [4.78, 5) is 22.5. The van der Waals surface area contributed by atoms with E-state index in [1.165, 1.54) is 6.42 Å². The first-order valence-corrected chi connectivity index (χ1v) is 9.28. The lowest BCUT2D eigenvalue weighted by Gasteiger charge is -2.26. The van der Waals surface area contributed by atoms with E-state index >= 15 is 0 Å². The van der Waals surface area contributed by atoms with E-state index in [9.17, 15) is 4.79 Å². The SMILES string of the molecule is [C-]#[N+]c1ccc2ncc(-c3noc4cc(C(=O)N5CCCCC5)ccc34)n2c1. The van der Waals surface area contributed by atoms with Gasteiger partial charge in [-0.2, -0.15) is 0 Å². The zero-order valence-electron chi connectivity index (χ0n) is 15.1. The Morgan fingerprint density at radius 3 is 2.82 bits per heavy atom. The maximum absolute atomic E-state index is 12.7. The van der Waals surface area contributed by atoms with E-state index in [4.69, 9.17) is 11.1 Å². The summed E-state index contributed by atoms with van der Waals surface area (Å²) < 4.78 is 7.36. The number of rotatable bonds is 2. The maximum Gasteiger partial charge on any atom is 0.253 e. The number of carbonyl (C=O) groups excluding carboxylic acids is 1. The van der Waals surface area contributed by atoms with E-state index in [1.807, 2.05) is 21.4 Å². The molecular formula is C21H17N5O2. The molecule has 1 aromatic carbocycles. The summed E-state index contributed by atoms with van der Waals surface area (Å²) >= 11 is 0. The lowest BCUT2D eigenvalue weighted by Crippen LogP contribution is -2.35. The van der Waals surface area contributed by atoms with E-state index < -0.39 is 0 Å². The molecule has 5 rings (SSSR count). The molecule has 4 heterocycles. The smallest absolute Gasteiger partial charge is 0.253 e. The van der Waals surface area contributed by atoms with Crippen molar-refractivity contribution >= 4 is 28.2 Å². The number of fused-ring (bicyclic) bond motifs is 2. The molecule has 0 spiro atoms. The Morgan fingerprint density at radius 1 is 1.14 bits per heavy atom. The van der Waals surface area contributed by atoms with Crippen LogP contribution in [0.4, 0.5) is 5.69 Å². The number of pyridine rings is 1. The van der Waals surface area contributed by atoms with Crippen LogP contribution in [-0.4, -0.2) is 38.4 Å². The monoisotopic (exact) mass is 371 g/mol. The standard InChI is InChI=1S/C21H17N5O2/c1-22-15-6-8-19-23-12-17(26(19)13-15)20-16-7-5-14(11-18(16)28-24-20)21(27)25-9-3-2-4-10-25/h5-8,11-13H,2-4,9-10H2. The lowest BCUT2D eigenvalue weighted by molar-refractivity contribution is 0.0724. The number of piperidine rings is 1. The lowest BCUT2D eigenvalue weighted by atomic mass is 10.1. The topological polar surface area (TPSA) is 68.0 Å². The number of likely N-dealkylation sites (tertiary alicyclic amines) is 1. The first kappa shape index (κ1) is 16.5. The Kier molecular flexibility index (Phi) is 3.83. The molecule has 7 heteroatoms. The summed E-state index contributed by atoms with van der Waals surface area (Å²) in [6, 6.07) is 8.99. The van der Waals surface area contributed by atoms with Crippen LogP contribution in [0.1, 0.15) is 29.6 Å². The average Bonchev–Trinajstić information content (AvgIpc) is 3.36. The highest BCUT2D eigenvalue weighted by Crippen LogP contribution is 2.30. The predicted octanol–water partition coefficient (Wildman–Crippen LogP) is 4.32. The largest absolute Gasteiger partial charge is 0.356 e. The highest BCUT2D eigenvalue weighted by Gasteiger charge is 2.21. The van der Waals surface area contributed by atoms with Gasteiger partial charge in [0.15, 0.2) is 5.58 Å². The van der Waals surface area contributed by atoms with Gasteiger partial charge in [0.2, 0.25) is 5.69 Å². The van der Waals surface area contributed by atoms with Crippen LogP contribution in [0.5, 0.6) is 0 Å². The second-order valence-corrected chi connectivity index (χ2v) is 6.97. The van der Waals surface area contributed by atoms with Crippen LogP contribution in [0.3, 0.4) is 0 Å². The quantitative estimate of drug-likeness (QED) is 0.492. The fraction of sp³-hybridized carbons (Fsp3) is 0.238. The minimum Gasteiger partial charge on any atom is -0.356 e. The molecule has 0 aliphatic carbocycles. The first-order chi connectivity index (χ1) is 13.7. The molecule has 0 unspecified atom stereocenters. The van der Waals surface area contributed by atoms with Crippen molar-refractivity contribution in [3.63, 3.8) is 0 Å². The molecule has 0 atom stereocenters. The van der Waals surface area contributed by atoms with Crippen LogP contribution in [0, 0.1) is 6.57 Å². The van der Waals surface area contributed by atoms with Gasteiger partial charge in [-0.3, -0.25) is 4.79 Å². The molecule has 3 aromatic heterocycles. The number of nitrogens with zero attached hydrogens (tertiary/aromatic N) is 5. The van der Waals surface area contributed by atoms with E-state index in [2.05, 4.69) is 15.0 Å². The molecule has 4 aromatic rings. The molecule has 0 radical (unpaired) electrons. The van der Waals surface area contributed by atoms with E-state index in [0.717, 1.165) is 42.7 Å². The van der Waals surface area contributed by atoms with Gasteiger partial charge in [0.1, 0.15) is 11.3 Å². The van der Waals surface area contributed by atoms with Crippen LogP contribution in [0.15, 0.2) is 47.2 Å². The van der Waals surface area contributed by atoms with Crippen molar-refractivity contribution in [3.05, 3.63) is 59.7 Å². The van der Waals surface area contributed by atoms with Gasteiger partial charge in [-0.1, -0.05) is 11.2 Å². The zero-order chi connectivity index (χ0) is 19.1. The van der Waals surface area contributed by atoms with Crippen molar-refractivity contribution < 1.29 is 9.32 Å². The summed E-state index contributed by atoms with van der Waals surface area (Å²) in [7, 11) is 0. The van der Waals surface area contributed by atoms with Crippen molar-refractivity contribution in [3.8, 4) is 11.4 Å². The number of amides is 1. The number of imidazole rings is 1. The van der Waals surface area contributed by atoms with Gasteiger partial charge in [-0.25, -0.2) is 9.83 Å². The molecule has 1 aliphatic heterocycles. The van der Waals surface area contributed by atoms with Gasteiger partial charge in [0.25, 0.3) is 5.91 Å². The van der Waals surface area contributed by atoms with Crippen molar-refractivity contribution in [1.29, 1.82) is 0 Å². The van der Waals surface area contributed by atoms with Crippen molar-refractivity contribution in [2.75, 3.05) is 13.1 Å². The molecule has 1 amide bonds. The molecule has 0 bridgehead atoms. The van der Waals surface area contributed by atoms with Gasteiger partial charge >= 0.3 is 0 Å². The zero-order valence-corrected chi connectivity index (χ0v) is 15.1. The summed E-state index contributed by atoms with van der Waals surface area (Å²) in [6.07, 6.45) is 6.75. The van der Waals surface area contributed by atoms with Gasteiger partial charge in [-0.05, 0) is 43.5 Å². The number of aromatic nitrogens is 3. The highest BCUT2D eigenvalue weighted by molar-refractivity contribution is 6.00. The third kappa shape index (κ3) is 2.62. The summed E-state index contributed by atoms with van der Waals surface area (Å²) in [5.74, 6) is 0.0380. The van der Waals surface area contributed by atoms with Crippen LogP contribution >= 0.6 is 0 Å². The highest BCUT2D eigenvalue weighted by atomic mass is 16.5. The van der Waals surface area contributed by atoms with E-state index in [0.29, 0.717) is 22.5 Å². The molecule has 0 N–H and O–H groups in total. The van der Waals surface area contributed by atoms with E-state index in [1.54, 1.807) is 30.6 Å². The Bertz CT molecular complexity index is 1240. The second-order valence-electron chi connectivity index (χ2n) is 6.97. The van der Waals surface area contributed by atoms with Gasteiger partial charge in [0, 0.05) is 24.8 Å². The normalized spacial score (nSPS) is 14.5. The first-order valence-electron chi connectivity index (χ1n) is 9.28. The number of hydrogen-bond acceptors (Lipinski definition) is 4. The van der Waals surface area contributed by atoms with Gasteiger partial charge in [0.05, 0.1) is 23.8 Å². The molecule has 1 aliphatic rings. The van der Waals surface area contributed by atoms with Crippen LogP contribution in [0.25, 0.3) is 32.8 Å². The Hall–Kier alpha value is -3.66. The van der Waals surface area contributed by atoms with Crippen LogP contribution in [-0.2, 0) is 0 Å². The van der Waals surface area contributed by atoms with Crippen molar-refractivity contribution in [1.82, 2.24) is 19.4 Å². The Morgan fingerprint density at radius 2 is 2.00 bits per heavy atom. The third-order valence-corrected chi connectivity index (χ3v) is 5.22. The number of benzene rings is 1. The average molecular weight is 371 g/mol. The molecule has 28 heavy (non-hydrogen) atoms. The Balaban J connectivity index is 1.56. The minimum absolute atomic E-state index is 0.0380. The van der Waals surface area contributed by atoms with Crippen LogP contribution < -0.4 is 0 Å². The fourth-order valence-electron chi connectivity index (χ4n) is 3.75.